The van der Waals surface area contributed by atoms with E-state index in [1.165, 1.54) is 18.4 Å². The molecule has 5 nitrogen and oxygen atoms in total. The van der Waals surface area contributed by atoms with Crippen LogP contribution in [0.2, 0.25) is 0 Å². The maximum Gasteiger partial charge on any atom is 0.226 e. The fourth-order valence-electron chi connectivity index (χ4n) is 1.70. The number of amides is 1. The lowest BCUT2D eigenvalue weighted by molar-refractivity contribution is -0.120. The summed E-state index contributed by atoms with van der Waals surface area (Å²) in [6.07, 6.45) is 2.43. The molecule has 0 aliphatic carbocycles. The largest absolute Gasteiger partial charge is 0.444 e. The molecule has 2 rings (SSSR count). The molecule has 2 aromatic rings. The number of rotatable bonds is 6. The number of hydrogen-bond donors (Lipinski definition) is 2. The van der Waals surface area contributed by atoms with E-state index in [2.05, 4.69) is 10.3 Å². The zero-order chi connectivity index (χ0) is 14.4. The van der Waals surface area contributed by atoms with Crippen molar-refractivity contribution in [2.45, 2.75) is 12.8 Å². The van der Waals surface area contributed by atoms with Crippen molar-refractivity contribution in [1.29, 1.82) is 0 Å². The Morgan fingerprint density at radius 2 is 2.05 bits per heavy atom. The Morgan fingerprint density at radius 3 is 2.71 bits per heavy atom. The van der Waals surface area contributed by atoms with Crippen LogP contribution in [0.5, 0.6) is 0 Å². The topological polar surface area (TPSA) is 81.2 Å². The molecule has 0 saturated heterocycles. The van der Waals surface area contributed by atoms with Crippen LogP contribution in [0.1, 0.15) is 12.1 Å². The summed E-state index contributed by atoms with van der Waals surface area (Å²) in [7, 11) is 0. The maximum absolute atomic E-state index is 12.8. The van der Waals surface area contributed by atoms with Gasteiger partial charge in [-0.3, -0.25) is 4.79 Å². The second kappa shape index (κ2) is 8.39. The number of oxazole rings is 1. The number of nitrogens with one attached hydrogen (secondary N) is 1. The Kier molecular flexibility index (Phi) is 6.84. The van der Waals surface area contributed by atoms with Crippen molar-refractivity contribution in [3.8, 4) is 11.5 Å². The molecule has 0 saturated carbocycles. The highest BCUT2D eigenvalue weighted by Gasteiger charge is 2.07. The van der Waals surface area contributed by atoms with Gasteiger partial charge in [0.1, 0.15) is 12.1 Å². The molecule has 0 aliphatic heterocycles. The standard InChI is InChI=1S/C14H16FN3O2.ClH/c15-11-3-1-10(2-4-11)14-18-12(9-20-14)6-8-17-13(19)5-7-16;/h1-4,9H,5-8,16H2,(H,17,19);1H. The average molecular weight is 314 g/mol. The van der Waals surface area contributed by atoms with Gasteiger partial charge in [0.2, 0.25) is 11.8 Å². The number of nitrogens with two attached hydrogens (primary N) is 1. The third-order valence-electron chi connectivity index (χ3n) is 2.72. The molecule has 114 valence electrons. The minimum absolute atomic E-state index is 0. The van der Waals surface area contributed by atoms with E-state index in [1.54, 1.807) is 12.1 Å². The third kappa shape index (κ3) is 5.17. The Morgan fingerprint density at radius 1 is 1.33 bits per heavy atom. The summed E-state index contributed by atoms with van der Waals surface area (Å²) >= 11 is 0. The lowest BCUT2D eigenvalue weighted by Gasteiger charge is -2.01. The average Bonchev–Trinajstić information content (AvgIpc) is 2.89. The molecule has 0 bridgehead atoms. The number of hydrogen-bond acceptors (Lipinski definition) is 4. The predicted molar refractivity (Wildman–Crippen MR) is 79.5 cm³/mol. The first-order valence-corrected chi connectivity index (χ1v) is 6.36. The highest BCUT2D eigenvalue weighted by atomic mass is 35.5. The molecular weight excluding hydrogens is 297 g/mol. The molecule has 0 radical (unpaired) electrons. The van der Waals surface area contributed by atoms with E-state index in [-0.39, 0.29) is 24.1 Å². The van der Waals surface area contributed by atoms with Gasteiger partial charge in [0.05, 0.1) is 5.69 Å². The maximum atomic E-state index is 12.8. The van der Waals surface area contributed by atoms with Crippen LogP contribution >= 0.6 is 12.4 Å². The minimum Gasteiger partial charge on any atom is -0.444 e. The van der Waals surface area contributed by atoms with Crippen LogP contribution in [0.25, 0.3) is 11.5 Å². The number of halogens is 2. The molecule has 7 heteroatoms. The number of carbonyl (C=O) groups excluding carboxylic acids is 1. The molecule has 1 aromatic carbocycles. The zero-order valence-electron chi connectivity index (χ0n) is 11.3. The molecule has 1 aromatic heterocycles. The summed E-state index contributed by atoms with van der Waals surface area (Å²) in [5.41, 5.74) is 6.72. The third-order valence-corrected chi connectivity index (χ3v) is 2.72. The van der Waals surface area contributed by atoms with Gasteiger partial charge in [0, 0.05) is 31.5 Å². The first kappa shape index (κ1) is 17.1. The Balaban J connectivity index is 0.00000220. The number of carbonyl (C=O) groups is 1. The van der Waals surface area contributed by atoms with Gasteiger partial charge in [-0.05, 0) is 24.3 Å². The minimum atomic E-state index is -0.303. The van der Waals surface area contributed by atoms with Crippen molar-refractivity contribution in [1.82, 2.24) is 10.3 Å². The SMILES string of the molecule is Cl.NCCC(=O)NCCc1coc(-c2ccc(F)cc2)n1. The summed E-state index contributed by atoms with van der Waals surface area (Å²) in [4.78, 5) is 15.5. The van der Waals surface area contributed by atoms with Gasteiger partial charge in [-0.1, -0.05) is 0 Å². The first-order valence-electron chi connectivity index (χ1n) is 6.36. The molecule has 1 amide bonds. The summed E-state index contributed by atoms with van der Waals surface area (Å²) in [5.74, 6) is 0.0613. The normalized spacial score (nSPS) is 10.0. The van der Waals surface area contributed by atoms with E-state index in [0.717, 1.165) is 5.69 Å². The van der Waals surface area contributed by atoms with Crippen molar-refractivity contribution in [2.24, 2.45) is 5.73 Å². The van der Waals surface area contributed by atoms with E-state index in [9.17, 15) is 9.18 Å². The molecule has 0 spiro atoms. The van der Waals surface area contributed by atoms with Crippen molar-refractivity contribution < 1.29 is 13.6 Å². The number of nitrogens with zero attached hydrogens (tertiary/aromatic N) is 1. The second-order valence-electron chi connectivity index (χ2n) is 4.29. The van der Waals surface area contributed by atoms with Crippen molar-refractivity contribution in [3.05, 3.63) is 42.0 Å². The molecule has 0 atom stereocenters. The molecule has 1 heterocycles. The van der Waals surface area contributed by atoms with Gasteiger partial charge in [-0.15, -0.1) is 12.4 Å². The summed E-state index contributed by atoms with van der Waals surface area (Å²) < 4.78 is 18.1. The fraction of sp³-hybridized carbons (Fsp3) is 0.286. The van der Waals surface area contributed by atoms with Crippen LogP contribution in [0.4, 0.5) is 4.39 Å². The van der Waals surface area contributed by atoms with E-state index >= 15 is 0 Å². The van der Waals surface area contributed by atoms with Gasteiger partial charge in [0.15, 0.2) is 0 Å². The van der Waals surface area contributed by atoms with Crippen LogP contribution in [-0.4, -0.2) is 24.0 Å². The van der Waals surface area contributed by atoms with E-state index < -0.39 is 0 Å². The highest BCUT2D eigenvalue weighted by molar-refractivity contribution is 5.85. The van der Waals surface area contributed by atoms with Gasteiger partial charge < -0.3 is 15.5 Å². The zero-order valence-corrected chi connectivity index (χ0v) is 12.2. The van der Waals surface area contributed by atoms with Crippen LogP contribution in [0.15, 0.2) is 34.9 Å². The van der Waals surface area contributed by atoms with E-state index in [1.807, 2.05) is 0 Å². The van der Waals surface area contributed by atoms with E-state index in [0.29, 0.717) is 37.4 Å². The summed E-state index contributed by atoms with van der Waals surface area (Å²) in [6.45, 7) is 0.818. The summed E-state index contributed by atoms with van der Waals surface area (Å²) in [6, 6.07) is 5.92. The molecule has 3 N–H and O–H groups in total. The Bertz CT molecular complexity index is 572. The molecule has 0 unspecified atom stereocenters. The van der Waals surface area contributed by atoms with Gasteiger partial charge in [-0.2, -0.15) is 0 Å². The molecular formula is C14H17ClFN3O2. The molecule has 21 heavy (non-hydrogen) atoms. The molecule has 0 fully saturated rings. The van der Waals surface area contributed by atoms with Gasteiger partial charge in [0.25, 0.3) is 0 Å². The lowest BCUT2D eigenvalue weighted by atomic mass is 10.2. The van der Waals surface area contributed by atoms with Crippen molar-refractivity contribution in [2.75, 3.05) is 13.1 Å². The van der Waals surface area contributed by atoms with Crippen molar-refractivity contribution >= 4 is 18.3 Å². The van der Waals surface area contributed by atoms with Crippen LogP contribution in [0.3, 0.4) is 0 Å². The first-order chi connectivity index (χ1) is 9.69. The number of benzene rings is 1. The quantitative estimate of drug-likeness (QED) is 0.853. The molecule has 0 aliphatic rings. The van der Waals surface area contributed by atoms with E-state index in [4.69, 9.17) is 10.2 Å². The monoisotopic (exact) mass is 313 g/mol. The number of aromatic nitrogens is 1. The van der Waals surface area contributed by atoms with Crippen LogP contribution < -0.4 is 11.1 Å². The van der Waals surface area contributed by atoms with Gasteiger partial charge >= 0.3 is 0 Å². The van der Waals surface area contributed by atoms with Gasteiger partial charge in [-0.25, -0.2) is 9.37 Å². The van der Waals surface area contributed by atoms with Crippen molar-refractivity contribution in [3.63, 3.8) is 0 Å². The van der Waals surface area contributed by atoms with Crippen LogP contribution in [-0.2, 0) is 11.2 Å². The summed E-state index contributed by atoms with van der Waals surface area (Å²) in [5, 5.41) is 2.74. The smallest absolute Gasteiger partial charge is 0.226 e. The Hall–Kier alpha value is -1.92. The highest BCUT2D eigenvalue weighted by Crippen LogP contribution is 2.18. The second-order valence-corrected chi connectivity index (χ2v) is 4.29. The fourth-order valence-corrected chi connectivity index (χ4v) is 1.70. The lowest BCUT2D eigenvalue weighted by Crippen LogP contribution is -2.27. The Labute approximate surface area is 128 Å². The predicted octanol–water partition coefficient (Wildman–Crippen LogP) is 1.91. The van der Waals surface area contributed by atoms with Crippen LogP contribution in [0, 0.1) is 5.82 Å².